The zero-order valence-corrected chi connectivity index (χ0v) is 22.6. The molecule has 0 bridgehead atoms. The van der Waals surface area contributed by atoms with Crippen molar-refractivity contribution in [3.8, 4) is 0 Å². The Morgan fingerprint density at radius 3 is 2.34 bits per heavy atom. The summed E-state index contributed by atoms with van der Waals surface area (Å²) in [5, 5.41) is 0. The van der Waals surface area contributed by atoms with Crippen LogP contribution in [-0.4, -0.2) is 62.0 Å². The molecule has 0 amide bonds. The summed E-state index contributed by atoms with van der Waals surface area (Å²) in [7, 11) is -3.55. The Morgan fingerprint density at radius 2 is 1.76 bits per heavy atom. The smallest absolute Gasteiger partial charge is 0.333 e. The van der Waals surface area contributed by atoms with Gasteiger partial charge in [0.15, 0.2) is 8.32 Å². The molecule has 0 rings (SSSR count). The van der Waals surface area contributed by atoms with Gasteiger partial charge in [0.2, 0.25) is 0 Å². The van der Waals surface area contributed by atoms with Crippen LogP contribution in [0.1, 0.15) is 39.5 Å². The average Bonchev–Trinajstić information content (AvgIpc) is 2.61. The van der Waals surface area contributed by atoms with Crippen LogP contribution in [0.2, 0.25) is 32.2 Å². The zero-order chi connectivity index (χ0) is 22.3. The first-order valence-corrected chi connectivity index (χ1v) is 17.9. The van der Waals surface area contributed by atoms with Crippen LogP contribution in [0.3, 0.4) is 0 Å². The molecule has 0 saturated carbocycles. The Hall–Kier alpha value is -0.0862. The van der Waals surface area contributed by atoms with Gasteiger partial charge in [-0.15, -0.1) is 0 Å². The van der Waals surface area contributed by atoms with E-state index in [4.69, 9.17) is 22.5 Å². The molecular formula is C20H43O6PSi2. The molecular weight excluding hydrogens is 423 g/mol. The van der Waals surface area contributed by atoms with Crippen LogP contribution in [0, 0.1) is 0 Å². The molecule has 0 radical (unpaired) electrons. The second kappa shape index (κ2) is 15.7. The highest BCUT2D eigenvalue weighted by Crippen LogP contribution is 2.21. The van der Waals surface area contributed by atoms with Crippen molar-refractivity contribution in [3.05, 3.63) is 12.2 Å². The first kappa shape index (κ1) is 28.9. The van der Waals surface area contributed by atoms with E-state index >= 15 is 0 Å². The number of esters is 1. The third-order valence-corrected chi connectivity index (χ3v) is 11.3. The molecule has 0 spiro atoms. The molecule has 2 unspecified atom stereocenters. The number of carbonyl (C=O) groups excluding carboxylic acids is 1. The Kier molecular flexibility index (Phi) is 15.6. The molecule has 6 nitrogen and oxygen atoms in total. The maximum Gasteiger partial charge on any atom is 0.333 e. The van der Waals surface area contributed by atoms with E-state index in [9.17, 15) is 4.79 Å². The van der Waals surface area contributed by atoms with E-state index in [0.29, 0.717) is 27.6 Å². The second-order valence-electron chi connectivity index (χ2n) is 8.32. The molecule has 0 aliphatic heterocycles. The predicted octanol–water partition coefficient (Wildman–Crippen LogP) is 5.25. The van der Waals surface area contributed by atoms with Gasteiger partial charge in [0.05, 0.1) is 6.61 Å². The topological polar surface area (TPSA) is 63.2 Å². The Bertz CT molecular complexity index is 474. The summed E-state index contributed by atoms with van der Waals surface area (Å²) >= 11 is 0. The van der Waals surface area contributed by atoms with Gasteiger partial charge in [-0.25, -0.2) is 4.79 Å². The first-order valence-electron chi connectivity index (χ1n) is 10.6. The summed E-state index contributed by atoms with van der Waals surface area (Å²) in [6.07, 6.45) is 4.21. The molecule has 0 aliphatic rings. The van der Waals surface area contributed by atoms with Crippen molar-refractivity contribution in [1.82, 2.24) is 0 Å². The van der Waals surface area contributed by atoms with E-state index in [0.717, 1.165) is 25.5 Å². The maximum atomic E-state index is 11.5. The number of rotatable bonds is 18. The van der Waals surface area contributed by atoms with Gasteiger partial charge in [-0.2, -0.15) is 0 Å². The van der Waals surface area contributed by atoms with Crippen molar-refractivity contribution < 1.29 is 27.3 Å². The summed E-state index contributed by atoms with van der Waals surface area (Å²) in [6.45, 7) is 20.2. The minimum absolute atomic E-state index is 0.186. The van der Waals surface area contributed by atoms with Crippen molar-refractivity contribution in [3.63, 3.8) is 0 Å². The van der Waals surface area contributed by atoms with Gasteiger partial charge in [-0.05, 0) is 58.7 Å². The Morgan fingerprint density at radius 1 is 1.07 bits per heavy atom. The van der Waals surface area contributed by atoms with Crippen LogP contribution in [-0.2, 0) is 27.3 Å². The van der Waals surface area contributed by atoms with Crippen LogP contribution in [0.5, 0.6) is 0 Å². The number of hydrogen-bond acceptors (Lipinski definition) is 6. The quantitative estimate of drug-likeness (QED) is 0.0904. The largest absolute Gasteiger partial charge is 0.459 e. The molecule has 0 aromatic heterocycles. The summed E-state index contributed by atoms with van der Waals surface area (Å²) in [5.41, 5.74) is 0.386. The number of hydrogen-bond donors (Lipinski definition) is 0. The summed E-state index contributed by atoms with van der Waals surface area (Å²) in [6, 6.07) is 1.02. The monoisotopic (exact) mass is 466 g/mol. The SMILES string of the molecule is C=C(C)C(=O)OCC(COCCC[Si](C)(C)O[Si](C)(C)OCCCCC)OPC. The van der Waals surface area contributed by atoms with E-state index in [1.54, 1.807) is 6.92 Å². The van der Waals surface area contributed by atoms with Crippen molar-refractivity contribution in [2.24, 2.45) is 0 Å². The highest BCUT2D eigenvalue weighted by molar-refractivity contribution is 7.31. The summed E-state index contributed by atoms with van der Waals surface area (Å²) < 4.78 is 29.1. The lowest BCUT2D eigenvalue weighted by molar-refractivity contribution is -0.142. The fraction of sp³-hybridized carbons (Fsp3) is 0.850. The van der Waals surface area contributed by atoms with Gasteiger partial charge in [0.25, 0.3) is 0 Å². The van der Waals surface area contributed by atoms with Crippen LogP contribution >= 0.6 is 8.81 Å². The average molecular weight is 467 g/mol. The first-order chi connectivity index (χ1) is 13.5. The minimum atomic E-state index is -2.07. The molecule has 0 N–H and O–H groups in total. The number of unbranched alkanes of at least 4 members (excludes halogenated alkanes) is 2. The Labute approximate surface area is 182 Å². The lowest BCUT2D eigenvalue weighted by Crippen LogP contribution is -2.46. The van der Waals surface area contributed by atoms with Crippen LogP contribution in [0.15, 0.2) is 12.2 Å². The second-order valence-corrected chi connectivity index (χ2v) is 16.9. The number of carbonyl (C=O) groups is 1. The van der Waals surface area contributed by atoms with Crippen molar-refractivity contribution in [1.29, 1.82) is 0 Å². The summed E-state index contributed by atoms with van der Waals surface area (Å²) in [4.78, 5) is 11.5. The highest BCUT2D eigenvalue weighted by Gasteiger charge is 2.34. The fourth-order valence-corrected chi connectivity index (χ4v) is 10.9. The van der Waals surface area contributed by atoms with Crippen molar-refractivity contribution in [2.75, 3.05) is 33.1 Å². The lowest BCUT2D eigenvalue weighted by Gasteiger charge is -2.33. The molecule has 0 aliphatic carbocycles. The van der Waals surface area contributed by atoms with E-state index < -0.39 is 22.8 Å². The maximum absolute atomic E-state index is 11.5. The van der Waals surface area contributed by atoms with Crippen LogP contribution in [0.25, 0.3) is 0 Å². The van der Waals surface area contributed by atoms with Crippen molar-refractivity contribution in [2.45, 2.75) is 77.9 Å². The molecule has 0 saturated heterocycles. The molecule has 0 aromatic rings. The zero-order valence-electron chi connectivity index (χ0n) is 19.6. The molecule has 29 heavy (non-hydrogen) atoms. The molecule has 172 valence electrons. The lowest BCUT2D eigenvalue weighted by atomic mass is 10.3. The van der Waals surface area contributed by atoms with Crippen LogP contribution < -0.4 is 0 Å². The molecule has 9 heteroatoms. The Balaban J connectivity index is 4.14. The van der Waals surface area contributed by atoms with Crippen molar-refractivity contribution >= 4 is 31.7 Å². The standard InChI is InChI=1S/C20H43O6PSi2/c1-9-10-11-14-24-29(7,8)26-28(5,6)15-12-13-22-16-19(25-27-4)17-23-20(21)18(2)3/h19,27H,2,9-17H2,1,3-8H3. The van der Waals surface area contributed by atoms with Gasteiger partial charge < -0.3 is 22.5 Å². The minimum Gasteiger partial charge on any atom is -0.459 e. The summed E-state index contributed by atoms with van der Waals surface area (Å²) in [5.74, 6) is -0.397. The van der Waals surface area contributed by atoms with Gasteiger partial charge in [0, 0.05) is 27.6 Å². The van der Waals surface area contributed by atoms with Gasteiger partial charge >= 0.3 is 14.5 Å². The van der Waals surface area contributed by atoms with E-state index in [1.165, 1.54) is 12.8 Å². The molecule has 0 aromatic carbocycles. The fourth-order valence-electron chi connectivity index (χ4n) is 2.81. The van der Waals surface area contributed by atoms with Gasteiger partial charge in [-0.1, -0.05) is 26.3 Å². The molecule has 2 atom stereocenters. The number of ether oxygens (including phenoxy) is 2. The van der Waals surface area contributed by atoms with Crippen LogP contribution in [0.4, 0.5) is 0 Å². The van der Waals surface area contributed by atoms with E-state index in [1.807, 2.05) is 6.66 Å². The van der Waals surface area contributed by atoms with E-state index in [2.05, 4.69) is 39.7 Å². The molecule has 0 fully saturated rings. The highest BCUT2D eigenvalue weighted by atomic mass is 31.1. The normalized spacial score (nSPS) is 13.8. The third-order valence-electron chi connectivity index (χ3n) is 4.12. The van der Waals surface area contributed by atoms with E-state index in [-0.39, 0.29) is 12.7 Å². The van der Waals surface area contributed by atoms with Gasteiger partial charge in [0.1, 0.15) is 12.7 Å². The third kappa shape index (κ3) is 16.3. The predicted molar refractivity (Wildman–Crippen MR) is 127 cm³/mol. The van der Waals surface area contributed by atoms with Gasteiger partial charge in [-0.3, -0.25) is 0 Å². The molecule has 0 heterocycles.